The predicted molar refractivity (Wildman–Crippen MR) is 203 cm³/mol. The first kappa shape index (κ1) is 33.7. The fraction of sp³-hybridized carbons (Fsp3) is 0.0222. The first-order chi connectivity index (χ1) is 25.7. The van der Waals surface area contributed by atoms with Crippen LogP contribution in [0.5, 0.6) is 34.5 Å². The third-order valence-electron chi connectivity index (χ3n) is 8.71. The average molecular weight is 870 g/mol. The van der Waals surface area contributed by atoms with E-state index in [1.807, 2.05) is 134 Å². The van der Waals surface area contributed by atoms with E-state index in [0.29, 0.717) is 28.7 Å². The summed E-state index contributed by atoms with van der Waals surface area (Å²) in [5.74, 6) is 4.65. The number of nitrogens with zero attached hydrogens (tertiary/aromatic N) is 4. The topological polar surface area (TPSA) is 63.3 Å². The normalized spacial score (nSPS) is 11.0. The van der Waals surface area contributed by atoms with E-state index >= 15 is 0 Å². The number of aromatic nitrogens is 4. The van der Waals surface area contributed by atoms with Gasteiger partial charge in [0.25, 0.3) is 0 Å². The van der Waals surface area contributed by atoms with Crippen molar-refractivity contribution in [2.45, 2.75) is 6.92 Å². The molecule has 0 saturated carbocycles. The summed E-state index contributed by atoms with van der Waals surface area (Å²) in [5, 5.41) is 6.92. The van der Waals surface area contributed by atoms with E-state index < -0.39 is 0 Å². The van der Waals surface area contributed by atoms with Crippen LogP contribution in [0.25, 0.3) is 44.4 Å². The number of ether oxygens (including phenoxy) is 3. The molecular weight excluding hydrogens is 840 g/mol. The molecule has 6 aromatic carbocycles. The van der Waals surface area contributed by atoms with Crippen molar-refractivity contribution < 1.29 is 35.3 Å². The van der Waals surface area contributed by atoms with Crippen molar-refractivity contribution in [2.75, 3.05) is 0 Å². The molecule has 9 rings (SSSR count). The van der Waals surface area contributed by atoms with Crippen LogP contribution in [0, 0.1) is 19.1 Å². The first-order valence-corrected chi connectivity index (χ1v) is 16.9. The second kappa shape index (κ2) is 14.7. The van der Waals surface area contributed by atoms with E-state index in [0.717, 1.165) is 55.8 Å². The molecule has 0 bridgehead atoms. The van der Waals surface area contributed by atoms with E-state index in [1.165, 1.54) is 0 Å². The molecule has 0 saturated heterocycles. The van der Waals surface area contributed by atoms with Gasteiger partial charge in [0.2, 0.25) is 0 Å². The van der Waals surface area contributed by atoms with E-state index in [-0.39, 0.29) is 21.1 Å². The van der Waals surface area contributed by atoms with Gasteiger partial charge < -0.3 is 18.8 Å². The smallest absolute Gasteiger partial charge is 0.509 e. The minimum Gasteiger partial charge on any atom is -0.509 e. The Morgan fingerprint density at radius 3 is 2.02 bits per heavy atom. The van der Waals surface area contributed by atoms with Gasteiger partial charge in [-0.1, -0.05) is 66.2 Å². The minimum absolute atomic E-state index is 0. The van der Waals surface area contributed by atoms with E-state index in [9.17, 15) is 0 Å². The quantitative estimate of drug-likeness (QED) is 0.135. The summed E-state index contributed by atoms with van der Waals surface area (Å²) in [4.78, 5) is 4.69. The van der Waals surface area contributed by atoms with Gasteiger partial charge >= 0.3 is 21.1 Å². The van der Waals surface area contributed by atoms with Gasteiger partial charge in [-0.2, -0.15) is 17.2 Å². The van der Waals surface area contributed by atoms with Crippen molar-refractivity contribution in [2.24, 2.45) is 0 Å². The second-order valence-corrected chi connectivity index (χ2v) is 12.3. The average Bonchev–Trinajstić information content (AvgIpc) is 3.79. The zero-order valence-corrected chi connectivity index (χ0v) is 30.7. The van der Waals surface area contributed by atoms with Gasteiger partial charge in [-0.15, -0.1) is 35.7 Å². The molecule has 9 aromatic rings. The molecule has 0 radical (unpaired) electrons. The summed E-state index contributed by atoms with van der Waals surface area (Å²) in [5.41, 5.74) is 5.36. The number of hydrogen-bond donors (Lipinski definition) is 0. The maximum atomic E-state index is 6.40. The summed E-state index contributed by atoms with van der Waals surface area (Å²) in [6.45, 7) is 2.07. The Hall–Kier alpha value is -6.43. The Kier molecular flexibility index (Phi) is 9.32. The van der Waals surface area contributed by atoms with E-state index in [4.69, 9.17) is 19.3 Å². The molecule has 0 aliphatic rings. The fourth-order valence-electron chi connectivity index (χ4n) is 6.34. The molecule has 0 unspecified atom stereocenters. The van der Waals surface area contributed by atoms with Crippen molar-refractivity contribution in [3.8, 4) is 57.1 Å². The summed E-state index contributed by atoms with van der Waals surface area (Å²) in [6, 6.07) is 54.2. The molecule has 53 heavy (non-hydrogen) atoms. The summed E-state index contributed by atoms with van der Waals surface area (Å²) < 4.78 is 23.1. The molecule has 0 atom stereocenters. The van der Waals surface area contributed by atoms with Gasteiger partial charge in [0.05, 0.1) is 11.8 Å². The van der Waals surface area contributed by atoms with Gasteiger partial charge in [0, 0.05) is 35.0 Å². The van der Waals surface area contributed by atoms with Crippen LogP contribution >= 0.6 is 0 Å². The van der Waals surface area contributed by atoms with Crippen molar-refractivity contribution in [1.29, 1.82) is 0 Å². The van der Waals surface area contributed by atoms with E-state index in [2.05, 4.69) is 52.9 Å². The number of fused-ring (bicyclic) bond motifs is 3. The third kappa shape index (κ3) is 6.83. The standard InChI is InChI=1S/C45H30N4O3.Pt/c1-31-24-25-46-44(26-31)49-40-19-9-8-18-38(40)39-23-22-37(28-41(39)49)50-36-17-10-12-33(27-36)48-30-32(29-47-48)45-42(51-34-13-4-2-5-14-34)20-11-21-43(45)52-35-15-6-3-7-16-35;/h2-26,29-30H,1H3;/q-2;+2. The van der Waals surface area contributed by atoms with Crippen molar-refractivity contribution in [1.82, 2.24) is 19.3 Å². The molecule has 0 spiro atoms. The maximum absolute atomic E-state index is 6.40. The predicted octanol–water partition coefficient (Wildman–Crippen LogP) is 11.3. The summed E-state index contributed by atoms with van der Waals surface area (Å²) in [7, 11) is 0. The van der Waals surface area contributed by atoms with Crippen LogP contribution < -0.4 is 14.2 Å². The largest absolute Gasteiger partial charge is 2.00 e. The Bertz CT molecular complexity index is 2630. The molecule has 3 heterocycles. The molecule has 8 heteroatoms. The molecule has 0 aliphatic carbocycles. The molecule has 3 aromatic heterocycles. The zero-order chi connectivity index (χ0) is 34.9. The van der Waals surface area contributed by atoms with Crippen molar-refractivity contribution in [3.05, 3.63) is 182 Å². The summed E-state index contributed by atoms with van der Waals surface area (Å²) >= 11 is 0. The molecule has 0 fully saturated rings. The van der Waals surface area contributed by atoms with Gasteiger partial charge in [-0.05, 0) is 78.2 Å². The molecular formula is C45H30N4O3Pt. The van der Waals surface area contributed by atoms with Crippen LogP contribution in [0.3, 0.4) is 0 Å². The van der Waals surface area contributed by atoms with Gasteiger partial charge in [-0.3, -0.25) is 4.68 Å². The SMILES string of the molecule is Cc1ccnc(-n2c3[c-]c(Oc4[c-]c(-n5cc(-c6c(Oc7ccccc7)cccc6Oc6ccccc6)cn5)ccc4)ccc3c3ccccc32)c1.[Pt+2]. The van der Waals surface area contributed by atoms with Crippen LogP contribution in [0.2, 0.25) is 0 Å². The van der Waals surface area contributed by atoms with Crippen molar-refractivity contribution >= 4 is 21.8 Å². The molecule has 258 valence electrons. The molecule has 0 N–H and O–H groups in total. The van der Waals surface area contributed by atoms with Crippen LogP contribution in [0.4, 0.5) is 0 Å². The monoisotopic (exact) mass is 869 g/mol. The molecule has 0 amide bonds. The zero-order valence-electron chi connectivity index (χ0n) is 28.4. The molecule has 0 aliphatic heterocycles. The van der Waals surface area contributed by atoms with Gasteiger partial charge in [0.15, 0.2) is 0 Å². The number of para-hydroxylation sites is 3. The first-order valence-electron chi connectivity index (χ1n) is 16.9. The Labute approximate surface area is 320 Å². The Morgan fingerprint density at radius 2 is 1.28 bits per heavy atom. The summed E-state index contributed by atoms with van der Waals surface area (Å²) in [6.07, 6.45) is 5.57. The van der Waals surface area contributed by atoms with Gasteiger partial charge in [-0.25, -0.2) is 4.98 Å². The number of aryl methyl sites for hydroxylation is 1. The van der Waals surface area contributed by atoms with Crippen LogP contribution in [0.1, 0.15) is 5.56 Å². The van der Waals surface area contributed by atoms with Gasteiger partial charge in [0.1, 0.15) is 28.8 Å². The number of benzene rings is 6. The van der Waals surface area contributed by atoms with Crippen LogP contribution in [0.15, 0.2) is 164 Å². The Morgan fingerprint density at radius 1 is 0.604 bits per heavy atom. The minimum atomic E-state index is 0. The maximum Gasteiger partial charge on any atom is 2.00 e. The fourth-order valence-corrected chi connectivity index (χ4v) is 6.34. The third-order valence-corrected chi connectivity index (χ3v) is 8.71. The number of pyridine rings is 1. The van der Waals surface area contributed by atoms with Crippen molar-refractivity contribution in [3.63, 3.8) is 0 Å². The Balaban J connectivity index is 0.00000400. The number of rotatable bonds is 9. The van der Waals surface area contributed by atoms with Crippen LogP contribution in [-0.2, 0) is 21.1 Å². The number of hydrogen-bond acceptors (Lipinski definition) is 5. The second-order valence-electron chi connectivity index (χ2n) is 12.3. The molecule has 7 nitrogen and oxygen atoms in total. The van der Waals surface area contributed by atoms with E-state index in [1.54, 1.807) is 10.9 Å². The van der Waals surface area contributed by atoms with Crippen LogP contribution in [-0.4, -0.2) is 19.3 Å².